The lowest BCUT2D eigenvalue weighted by molar-refractivity contribution is -0.384. The van der Waals surface area contributed by atoms with Crippen LogP contribution in [0.2, 0.25) is 0 Å². The predicted molar refractivity (Wildman–Crippen MR) is 186 cm³/mol. The molecule has 7 rings (SSSR count). The fraction of sp³-hybridized carbons (Fsp3) is 0.235. The van der Waals surface area contributed by atoms with E-state index in [9.17, 15) is 32.9 Å². The van der Waals surface area contributed by atoms with Crippen molar-refractivity contribution in [2.75, 3.05) is 44.8 Å². The number of carbonyl (C=O) groups excluding carboxylic acids is 2. The van der Waals surface area contributed by atoms with Crippen molar-refractivity contribution >= 4 is 71.4 Å². The van der Waals surface area contributed by atoms with E-state index in [1.165, 1.54) is 17.0 Å². The zero-order valence-corrected chi connectivity index (χ0v) is 27.4. The number of benzene rings is 4. The zero-order valence-electron chi connectivity index (χ0n) is 26.6. The van der Waals surface area contributed by atoms with Crippen LogP contribution in [0.3, 0.4) is 0 Å². The first-order chi connectivity index (χ1) is 23.3. The number of anilines is 1. The molecule has 2 aromatic heterocycles. The summed E-state index contributed by atoms with van der Waals surface area (Å²) in [5.41, 5.74) is 3.57. The molecular weight excluding hydrogens is 652 g/mol. The largest absolute Gasteiger partial charge is 0.384 e. The smallest absolute Gasteiger partial charge is 0.270 e. The summed E-state index contributed by atoms with van der Waals surface area (Å²) in [6.45, 7) is 2.26. The molecule has 0 aliphatic carbocycles. The third-order valence-electron chi connectivity index (χ3n) is 8.42. The third kappa shape index (κ3) is 6.63. The quantitative estimate of drug-likeness (QED) is 0.0520. The number of imidazole rings is 1. The first-order valence-electron chi connectivity index (χ1n) is 15.4. The number of amides is 2. The van der Waals surface area contributed by atoms with E-state index < -0.39 is 20.9 Å². The van der Waals surface area contributed by atoms with E-state index in [4.69, 9.17) is 4.55 Å². The van der Waals surface area contributed by atoms with Crippen molar-refractivity contribution in [3.63, 3.8) is 0 Å². The van der Waals surface area contributed by atoms with Crippen LogP contribution in [0, 0.1) is 10.1 Å². The van der Waals surface area contributed by atoms with Crippen LogP contribution in [0.4, 0.5) is 11.4 Å². The summed E-state index contributed by atoms with van der Waals surface area (Å²) in [5.74, 6) is -0.887. The molecule has 15 heteroatoms. The second-order valence-corrected chi connectivity index (χ2v) is 13.4. The molecule has 0 bridgehead atoms. The molecule has 3 heterocycles. The van der Waals surface area contributed by atoms with Gasteiger partial charge in [0.15, 0.2) is 5.43 Å². The van der Waals surface area contributed by atoms with Crippen LogP contribution in [0.1, 0.15) is 33.6 Å². The number of nitrogens with zero attached hydrogens (tertiary/aromatic N) is 5. The molecule has 252 valence electrons. The molecule has 2 amide bonds. The summed E-state index contributed by atoms with van der Waals surface area (Å²) in [4.78, 5) is 58.6. The molecule has 0 saturated carbocycles. The maximum absolute atomic E-state index is 13.4. The van der Waals surface area contributed by atoms with Gasteiger partial charge in [-0.1, -0.05) is 24.3 Å². The number of fused-ring (bicyclic) bond motifs is 2. The maximum Gasteiger partial charge on any atom is 0.270 e. The van der Waals surface area contributed by atoms with Crippen molar-refractivity contribution in [3.8, 4) is 0 Å². The summed E-state index contributed by atoms with van der Waals surface area (Å²) < 4.78 is 27.8. The molecule has 0 saturated heterocycles. The van der Waals surface area contributed by atoms with Crippen LogP contribution >= 0.6 is 0 Å². The summed E-state index contributed by atoms with van der Waals surface area (Å²) in [7, 11) is -1.69. The molecular formula is C34H32N6O8S. The molecule has 2 N–H and O–H groups in total. The molecule has 1 aliphatic rings. The summed E-state index contributed by atoms with van der Waals surface area (Å²) in [6, 6.07) is 19.0. The number of para-hydroxylation sites is 1. The molecule has 0 spiro atoms. The van der Waals surface area contributed by atoms with Gasteiger partial charge in [0.1, 0.15) is 6.33 Å². The van der Waals surface area contributed by atoms with Gasteiger partial charge >= 0.3 is 0 Å². The number of nitrogens with one attached hydrogen (secondary N) is 1. The van der Waals surface area contributed by atoms with Gasteiger partial charge in [0, 0.05) is 47.2 Å². The number of carbonyl (C=O) groups is 2. The van der Waals surface area contributed by atoms with E-state index in [-0.39, 0.29) is 29.1 Å². The van der Waals surface area contributed by atoms with Gasteiger partial charge in [-0.25, -0.2) is 4.98 Å². The average molecular weight is 685 g/mol. The highest BCUT2D eigenvalue weighted by Crippen LogP contribution is 2.33. The van der Waals surface area contributed by atoms with Crippen LogP contribution in [0.5, 0.6) is 0 Å². The molecule has 14 nitrogen and oxygen atoms in total. The minimum atomic E-state index is -3.67. The highest BCUT2D eigenvalue weighted by Gasteiger charge is 2.34. The van der Waals surface area contributed by atoms with Crippen molar-refractivity contribution in [1.82, 2.24) is 19.2 Å². The first kappa shape index (κ1) is 33.4. The molecule has 6 aromatic rings. The SMILES string of the molecule is CN(CCCNc1ccc2ncn3c4ccccc4c(=O)c1c23)CCCN1C(=O)c2cccc3cc([N+](=O)[O-])cc(c23)C1=O.CS(=O)(=O)O. The van der Waals surface area contributed by atoms with Gasteiger partial charge in [-0.3, -0.25) is 38.4 Å². The van der Waals surface area contributed by atoms with Crippen molar-refractivity contribution in [1.29, 1.82) is 0 Å². The van der Waals surface area contributed by atoms with E-state index in [0.717, 1.165) is 35.2 Å². The minimum Gasteiger partial charge on any atom is -0.384 e. The number of hydrogen-bond donors (Lipinski definition) is 2. The van der Waals surface area contributed by atoms with Gasteiger partial charge in [-0.05, 0) is 68.7 Å². The fourth-order valence-corrected chi connectivity index (χ4v) is 6.31. The number of nitro benzene ring substituents is 1. The first-order valence-corrected chi connectivity index (χ1v) is 17.2. The van der Waals surface area contributed by atoms with Crippen LogP contribution in [0.25, 0.3) is 38.1 Å². The Morgan fingerprint density at radius 1 is 0.939 bits per heavy atom. The number of non-ortho nitro benzene ring substituents is 1. The summed E-state index contributed by atoms with van der Waals surface area (Å²) in [6.07, 6.45) is 3.83. The van der Waals surface area contributed by atoms with E-state index >= 15 is 0 Å². The Labute approximate surface area is 279 Å². The number of imide groups is 1. The van der Waals surface area contributed by atoms with E-state index in [1.807, 2.05) is 47.8 Å². The van der Waals surface area contributed by atoms with E-state index in [2.05, 4.69) is 15.2 Å². The summed E-state index contributed by atoms with van der Waals surface area (Å²) in [5, 5.41) is 17.1. The predicted octanol–water partition coefficient (Wildman–Crippen LogP) is 4.42. The topological polar surface area (TPSA) is 185 Å². The molecule has 49 heavy (non-hydrogen) atoms. The summed E-state index contributed by atoms with van der Waals surface area (Å²) >= 11 is 0. The molecule has 0 unspecified atom stereocenters. The Hall–Kier alpha value is -5.51. The van der Waals surface area contributed by atoms with E-state index in [1.54, 1.807) is 24.5 Å². The Morgan fingerprint density at radius 2 is 1.65 bits per heavy atom. The van der Waals surface area contributed by atoms with E-state index in [0.29, 0.717) is 52.9 Å². The average Bonchev–Trinajstić information content (AvgIpc) is 3.49. The normalized spacial score (nSPS) is 13.1. The van der Waals surface area contributed by atoms with Crippen molar-refractivity contribution in [2.24, 2.45) is 0 Å². The van der Waals surface area contributed by atoms with Gasteiger partial charge in [0.25, 0.3) is 27.6 Å². The van der Waals surface area contributed by atoms with Crippen LogP contribution in [0.15, 0.2) is 77.9 Å². The maximum atomic E-state index is 13.4. The van der Waals surface area contributed by atoms with Crippen LogP contribution in [-0.2, 0) is 10.1 Å². The fourth-order valence-electron chi connectivity index (χ4n) is 6.31. The Morgan fingerprint density at radius 3 is 2.41 bits per heavy atom. The zero-order chi connectivity index (χ0) is 35.0. The third-order valence-corrected chi connectivity index (χ3v) is 8.42. The second-order valence-electron chi connectivity index (χ2n) is 11.9. The van der Waals surface area contributed by atoms with Gasteiger partial charge in [0.05, 0.1) is 38.7 Å². The lowest BCUT2D eigenvalue weighted by Crippen LogP contribution is -2.41. The Bertz CT molecular complexity index is 2440. The molecule has 0 fully saturated rings. The van der Waals surface area contributed by atoms with Gasteiger partial charge < -0.3 is 10.2 Å². The van der Waals surface area contributed by atoms with Crippen LogP contribution in [-0.4, -0.2) is 88.4 Å². The van der Waals surface area contributed by atoms with Crippen LogP contribution < -0.4 is 10.7 Å². The number of aromatic nitrogens is 2. The molecule has 0 atom stereocenters. The van der Waals surface area contributed by atoms with Gasteiger partial charge in [0.2, 0.25) is 0 Å². The highest BCUT2D eigenvalue weighted by molar-refractivity contribution is 7.85. The monoisotopic (exact) mass is 684 g/mol. The molecule has 1 aliphatic heterocycles. The van der Waals surface area contributed by atoms with Gasteiger partial charge in [-0.15, -0.1) is 0 Å². The van der Waals surface area contributed by atoms with Crippen molar-refractivity contribution < 1.29 is 27.5 Å². The Balaban J connectivity index is 0.000000778. The molecule has 4 aromatic carbocycles. The highest BCUT2D eigenvalue weighted by atomic mass is 32.2. The number of nitro groups is 1. The van der Waals surface area contributed by atoms with Crippen molar-refractivity contribution in [2.45, 2.75) is 12.8 Å². The number of hydrogen-bond acceptors (Lipinski definition) is 10. The minimum absolute atomic E-state index is 0.0194. The lowest BCUT2D eigenvalue weighted by Gasteiger charge is -2.27. The lowest BCUT2D eigenvalue weighted by atomic mass is 9.93. The van der Waals surface area contributed by atoms with Gasteiger partial charge in [-0.2, -0.15) is 8.42 Å². The molecule has 0 radical (unpaired) electrons. The second kappa shape index (κ2) is 13.2. The standard InChI is InChI=1S/C33H28N6O5.CH4O3S/c1-36(15-6-16-37-32(41)23-9-4-7-20-17-21(39(43)44)18-24(28(20)23)33(37)42)14-5-13-34-25-11-12-26-30-29(25)31(40)22-8-2-3-10-27(22)38(30)19-35-26;1-5(2,3)4/h2-4,7-12,17-19,34H,5-6,13-16H2,1H3;1H3,(H,2,3,4). The number of pyridine rings is 1. The number of rotatable bonds is 10. The Kier molecular flexibility index (Phi) is 8.98. The van der Waals surface area contributed by atoms with Crippen molar-refractivity contribution in [3.05, 3.63) is 105 Å².